The Kier molecular flexibility index (Phi) is 3.55. The number of rotatable bonds is 1. The highest BCUT2D eigenvalue weighted by Gasteiger charge is 2.57. The van der Waals surface area contributed by atoms with E-state index in [0.29, 0.717) is 5.56 Å². The maximum atomic E-state index is 13.7. The fourth-order valence-corrected chi connectivity index (χ4v) is 5.92. The SMILES string of the molecule is Cn1nnc2cc3c(cc21)[C@]1(C)CCN(C(=O)c2ccc4nc[nH]c4c2)C(C3)C1(C)C. The Morgan fingerprint density at radius 2 is 2.00 bits per heavy atom. The molecule has 2 aromatic heterocycles. The molecule has 7 heteroatoms. The number of piperidine rings is 1. The van der Waals surface area contributed by atoms with Gasteiger partial charge in [0.05, 0.1) is 22.9 Å². The van der Waals surface area contributed by atoms with Gasteiger partial charge in [0.2, 0.25) is 0 Å². The first kappa shape index (κ1) is 18.5. The summed E-state index contributed by atoms with van der Waals surface area (Å²) in [5.41, 5.74) is 7.07. The number of amides is 1. The number of hydrogen-bond donors (Lipinski definition) is 1. The number of carbonyl (C=O) groups excluding carboxylic acids is 1. The Labute approximate surface area is 180 Å². The van der Waals surface area contributed by atoms with E-state index in [1.54, 1.807) is 6.33 Å². The molecule has 0 spiro atoms. The molecular formula is C24H26N6O. The third-order valence-corrected chi connectivity index (χ3v) is 8.26. The van der Waals surface area contributed by atoms with Crippen LogP contribution in [0.15, 0.2) is 36.7 Å². The highest BCUT2D eigenvalue weighted by Crippen LogP contribution is 2.56. The number of aryl methyl sites for hydroxylation is 1. The summed E-state index contributed by atoms with van der Waals surface area (Å²) in [5, 5.41) is 8.54. The number of likely N-dealkylation sites (tertiary alicyclic amines) is 1. The van der Waals surface area contributed by atoms with Crippen molar-refractivity contribution in [3.05, 3.63) is 53.3 Å². The first-order chi connectivity index (χ1) is 14.8. The van der Waals surface area contributed by atoms with Gasteiger partial charge in [-0.05, 0) is 59.7 Å². The molecule has 1 aliphatic heterocycles. The number of carbonyl (C=O) groups is 1. The molecule has 1 aliphatic carbocycles. The van der Waals surface area contributed by atoms with Crippen LogP contribution in [0.1, 0.15) is 48.7 Å². The van der Waals surface area contributed by atoms with Gasteiger partial charge in [0.15, 0.2) is 0 Å². The Morgan fingerprint density at radius 1 is 1.16 bits per heavy atom. The van der Waals surface area contributed by atoms with Gasteiger partial charge in [-0.2, -0.15) is 0 Å². The van der Waals surface area contributed by atoms with Crippen LogP contribution in [0.5, 0.6) is 0 Å². The molecule has 1 unspecified atom stereocenters. The first-order valence-corrected chi connectivity index (χ1v) is 10.9. The van der Waals surface area contributed by atoms with Crippen molar-refractivity contribution in [2.75, 3.05) is 6.54 Å². The van der Waals surface area contributed by atoms with Crippen molar-refractivity contribution in [2.45, 2.75) is 45.1 Å². The molecule has 2 aromatic carbocycles. The number of hydrogen-bond acceptors (Lipinski definition) is 4. The molecule has 0 radical (unpaired) electrons. The molecule has 3 heterocycles. The number of H-pyrrole nitrogens is 1. The molecule has 6 rings (SSSR count). The van der Waals surface area contributed by atoms with Crippen molar-refractivity contribution in [3.63, 3.8) is 0 Å². The lowest BCUT2D eigenvalue weighted by atomic mass is 9.51. The van der Waals surface area contributed by atoms with E-state index in [0.717, 1.165) is 41.5 Å². The second kappa shape index (κ2) is 5.93. The van der Waals surface area contributed by atoms with Gasteiger partial charge in [0.25, 0.3) is 5.91 Å². The first-order valence-electron chi connectivity index (χ1n) is 10.9. The van der Waals surface area contributed by atoms with Crippen molar-refractivity contribution >= 4 is 28.0 Å². The van der Waals surface area contributed by atoms with E-state index >= 15 is 0 Å². The number of nitrogens with zero attached hydrogens (tertiary/aromatic N) is 5. The lowest BCUT2D eigenvalue weighted by Crippen LogP contribution is -2.64. The summed E-state index contributed by atoms with van der Waals surface area (Å²) in [6.45, 7) is 7.77. The van der Waals surface area contributed by atoms with Crippen LogP contribution in [0.25, 0.3) is 22.1 Å². The summed E-state index contributed by atoms with van der Waals surface area (Å²) >= 11 is 0. The summed E-state index contributed by atoms with van der Waals surface area (Å²) in [7, 11) is 1.94. The van der Waals surface area contributed by atoms with E-state index < -0.39 is 0 Å². The predicted molar refractivity (Wildman–Crippen MR) is 119 cm³/mol. The van der Waals surface area contributed by atoms with Crippen LogP contribution in [-0.2, 0) is 18.9 Å². The maximum absolute atomic E-state index is 13.7. The van der Waals surface area contributed by atoms with E-state index in [-0.39, 0.29) is 22.8 Å². The Bertz CT molecular complexity index is 1370. The number of nitrogens with one attached hydrogen (secondary N) is 1. The molecule has 7 nitrogen and oxygen atoms in total. The van der Waals surface area contributed by atoms with Crippen LogP contribution >= 0.6 is 0 Å². The molecule has 158 valence electrons. The molecule has 1 saturated heterocycles. The number of imidazole rings is 1. The van der Waals surface area contributed by atoms with Crippen molar-refractivity contribution < 1.29 is 4.79 Å². The summed E-state index contributed by atoms with van der Waals surface area (Å²) < 4.78 is 1.85. The fourth-order valence-electron chi connectivity index (χ4n) is 5.92. The zero-order valence-electron chi connectivity index (χ0n) is 18.3. The van der Waals surface area contributed by atoms with Crippen LogP contribution in [-0.4, -0.2) is 48.4 Å². The standard InChI is InChI=1S/C24H26N6O/c1-23(2)21-11-15-10-19-20(29(4)28-27-19)12-16(15)24(23,3)7-8-30(21)22(31)14-5-6-17-18(9-14)26-13-25-17/h5-6,9-10,12-13,21H,7-8,11H2,1-4H3,(H,25,26)/t21?,24-/m0/s1. The van der Waals surface area contributed by atoms with Gasteiger partial charge >= 0.3 is 0 Å². The average molecular weight is 415 g/mol. The van der Waals surface area contributed by atoms with E-state index in [9.17, 15) is 4.79 Å². The topological polar surface area (TPSA) is 79.7 Å². The van der Waals surface area contributed by atoms with Gasteiger partial charge in [-0.25, -0.2) is 9.67 Å². The number of benzene rings is 2. The predicted octanol–water partition coefficient (Wildman–Crippen LogP) is 3.60. The van der Waals surface area contributed by atoms with E-state index in [1.165, 1.54) is 11.1 Å². The van der Waals surface area contributed by atoms with Gasteiger partial charge < -0.3 is 9.88 Å². The zero-order valence-corrected chi connectivity index (χ0v) is 18.3. The zero-order chi connectivity index (χ0) is 21.5. The smallest absolute Gasteiger partial charge is 0.254 e. The van der Waals surface area contributed by atoms with Crippen LogP contribution in [0, 0.1) is 5.41 Å². The van der Waals surface area contributed by atoms with E-state index in [4.69, 9.17) is 0 Å². The van der Waals surface area contributed by atoms with Gasteiger partial charge in [0, 0.05) is 30.6 Å². The second-order valence-electron chi connectivity index (χ2n) is 9.87. The summed E-state index contributed by atoms with van der Waals surface area (Å²) in [6, 6.07) is 10.3. The van der Waals surface area contributed by atoms with Gasteiger partial charge in [-0.3, -0.25) is 4.79 Å². The lowest BCUT2D eigenvalue weighted by Gasteiger charge is -2.60. The largest absolute Gasteiger partial charge is 0.345 e. The molecular weight excluding hydrogens is 388 g/mol. The van der Waals surface area contributed by atoms with Crippen molar-refractivity contribution in [2.24, 2.45) is 12.5 Å². The molecule has 31 heavy (non-hydrogen) atoms. The third-order valence-electron chi connectivity index (χ3n) is 8.26. The van der Waals surface area contributed by atoms with Crippen molar-refractivity contribution in [3.8, 4) is 0 Å². The number of aromatic nitrogens is 5. The molecule has 0 saturated carbocycles. The highest BCUT2D eigenvalue weighted by atomic mass is 16.2. The molecule has 1 amide bonds. The quantitative estimate of drug-likeness (QED) is 0.516. The summed E-state index contributed by atoms with van der Waals surface area (Å²) in [4.78, 5) is 23.1. The van der Waals surface area contributed by atoms with Gasteiger partial charge in [-0.1, -0.05) is 26.0 Å². The molecule has 4 aromatic rings. The van der Waals surface area contributed by atoms with Crippen LogP contribution < -0.4 is 0 Å². The van der Waals surface area contributed by atoms with Gasteiger partial charge in [-0.15, -0.1) is 5.10 Å². The second-order valence-corrected chi connectivity index (χ2v) is 9.87. The Balaban J connectivity index is 1.45. The summed E-state index contributed by atoms with van der Waals surface area (Å²) in [5.74, 6) is 0.0978. The van der Waals surface area contributed by atoms with Crippen LogP contribution in [0.2, 0.25) is 0 Å². The Hall–Kier alpha value is -3.22. The molecule has 1 fully saturated rings. The summed E-state index contributed by atoms with van der Waals surface area (Å²) in [6.07, 6.45) is 3.43. The fraction of sp³-hybridized carbons (Fsp3) is 0.417. The highest BCUT2D eigenvalue weighted by molar-refractivity contribution is 5.97. The lowest BCUT2D eigenvalue weighted by molar-refractivity contribution is -0.0261. The van der Waals surface area contributed by atoms with Crippen LogP contribution in [0.4, 0.5) is 0 Å². The monoisotopic (exact) mass is 414 g/mol. The maximum Gasteiger partial charge on any atom is 0.254 e. The third kappa shape index (κ3) is 2.34. The van der Waals surface area contributed by atoms with Crippen molar-refractivity contribution in [1.29, 1.82) is 0 Å². The average Bonchev–Trinajstić information content (AvgIpc) is 3.35. The van der Waals surface area contributed by atoms with E-state index in [2.05, 4.69) is 58.1 Å². The minimum absolute atomic E-state index is 0.0200. The number of fused-ring (bicyclic) bond motifs is 6. The molecule has 2 aliphatic rings. The van der Waals surface area contributed by atoms with Crippen LogP contribution in [0.3, 0.4) is 0 Å². The van der Waals surface area contributed by atoms with E-state index in [1.807, 2.05) is 29.9 Å². The molecule has 2 bridgehead atoms. The number of aromatic amines is 1. The van der Waals surface area contributed by atoms with Crippen molar-refractivity contribution in [1.82, 2.24) is 29.9 Å². The molecule has 1 N–H and O–H groups in total. The minimum Gasteiger partial charge on any atom is -0.345 e. The minimum atomic E-state index is -0.0638. The normalized spacial score (nSPS) is 24.5. The van der Waals surface area contributed by atoms with Gasteiger partial charge in [0.1, 0.15) is 5.52 Å². The Morgan fingerprint density at radius 3 is 2.84 bits per heavy atom. The molecule has 2 atom stereocenters.